The van der Waals surface area contributed by atoms with Crippen LogP contribution >= 0.6 is 28.4 Å². The summed E-state index contributed by atoms with van der Waals surface area (Å²) in [7, 11) is 1.69. The van der Waals surface area contributed by atoms with Gasteiger partial charge in [-0.05, 0) is 40.8 Å². The van der Waals surface area contributed by atoms with Gasteiger partial charge in [-0.1, -0.05) is 13.8 Å². The van der Waals surface area contributed by atoms with Gasteiger partial charge in [-0.2, -0.15) is 0 Å². The highest BCUT2D eigenvalue weighted by Gasteiger charge is 2.15. The fraction of sp³-hybridized carbons (Fsp3) is 0.583. The number of aryl methyl sites for hydroxylation is 1. The van der Waals surface area contributed by atoms with Crippen LogP contribution in [0, 0.1) is 5.92 Å². The Labute approximate surface area is 127 Å². The molecule has 0 bridgehead atoms. The molecule has 0 saturated carbocycles. The topological polar surface area (TPSA) is 52.8 Å². The lowest BCUT2D eigenvalue weighted by Gasteiger charge is -2.04. The molecule has 0 fully saturated rings. The zero-order valence-corrected chi connectivity index (χ0v) is 14.5. The predicted octanol–water partition coefficient (Wildman–Crippen LogP) is 3.35. The highest BCUT2D eigenvalue weighted by atomic mass is 127. The molecule has 0 N–H and O–H groups in total. The first-order valence-electron chi connectivity index (χ1n) is 6.24. The summed E-state index contributed by atoms with van der Waals surface area (Å²) in [5.41, 5.74) is 2.90. The van der Waals surface area contributed by atoms with E-state index in [4.69, 9.17) is 4.74 Å². The number of methoxy groups -OCH3 is 1. The van der Waals surface area contributed by atoms with Crippen molar-refractivity contribution in [2.75, 3.05) is 7.11 Å². The van der Waals surface area contributed by atoms with Crippen LogP contribution in [0.3, 0.4) is 0 Å². The maximum Gasteiger partial charge on any atom is 0.167 e. The molecule has 1 unspecified atom stereocenters. The van der Waals surface area contributed by atoms with Gasteiger partial charge in [0.25, 0.3) is 0 Å². The van der Waals surface area contributed by atoms with Gasteiger partial charge in [0.2, 0.25) is 0 Å². The van der Waals surface area contributed by atoms with Gasteiger partial charge in [-0.25, -0.2) is 15.0 Å². The van der Waals surface area contributed by atoms with E-state index in [0.29, 0.717) is 18.9 Å². The molecule has 0 saturated heterocycles. The van der Waals surface area contributed by atoms with Gasteiger partial charge in [0.1, 0.15) is 24.3 Å². The molecule has 2 heterocycles. The van der Waals surface area contributed by atoms with E-state index in [1.54, 1.807) is 13.4 Å². The Morgan fingerprint density at radius 2 is 2.21 bits per heavy atom. The minimum Gasteiger partial charge on any atom is -0.377 e. The highest BCUT2D eigenvalue weighted by Crippen LogP contribution is 2.31. The second kappa shape index (κ2) is 6.90. The summed E-state index contributed by atoms with van der Waals surface area (Å²) in [6, 6.07) is 0. The molecule has 7 heteroatoms. The Balaban J connectivity index is 2.43. The van der Waals surface area contributed by atoms with Crippen LogP contribution < -0.4 is 0 Å². The normalized spacial score (nSPS) is 12.3. The van der Waals surface area contributed by atoms with Crippen LogP contribution in [0.4, 0.5) is 0 Å². The molecule has 104 valence electrons. The maximum absolute atomic E-state index is 5.21. The van der Waals surface area contributed by atoms with Crippen molar-refractivity contribution in [1.82, 2.24) is 19.3 Å². The van der Waals surface area contributed by atoms with E-state index in [1.807, 2.05) is 0 Å². The van der Waals surface area contributed by atoms with E-state index in [9.17, 15) is 0 Å². The quantitative estimate of drug-likeness (QED) is 0.559. The third-order valence-electron chi connectivity index (χ3n) is 2.91. The molecule has 0 aliphatic carbocycles. The van der Waals surface area contributed by atoms with Crippen LogP contribution in [0.15, 0.2) is 6.33 Å². The Morgan fingerprint density at radius 1 is 1.42 bits per heavy atom. The standard InChI is InChI=1S/C12H18IN4OP/c1-8(2)4-5-9-11-12(15-7-14-9)17(19-13)10(16-11)6-18-3/h7-8,19H,4-6H2,1-3H3. The smallest absolute Gasteiger partial charge is 0.167 e. The largest absolute Gasteiger partial charge is 0.377 e. The highest BCUT2D eigenvalue weighted by molar-refractivity contribution is 14.2. The van der Waals surface area contributed by atoms with Crippen LogP contribution in [0.5, 0.6) is 0 Å². The van der Waals surface area contributed by atoms with Crippen LogP contribution in [0.1, 0.15) is 31.8 Å². The summed E-state index contributed by atoms with van der Waals surface area (Å²) >= 11 is 2.34. The fourth-order valence-corrected chi connectivity index (χ4v) is 3.88. The molecule has 0 radical (unpaired) electrons. The summed E-state index contributed by atoms with van der Waals surface area (Å²) in [4.78, 5) is 13.4. The first-order valence-corrected chi connectivity index (χ1v) is 10.3. The number of imidazole rings is 1. The first kappa shape index (κ1) is 15.1. The van der Waals surface area contributed by atoms with Gasteiger partial charge in [-0.3, -0.25) is 4.34 Å². The van der Waals surface area contributed by atoms with E-state index in [2.05, 4.69) is 55.2 Å². The molecule has 1 atom stereocenters. The number of halogens is 1. The predicted molar refractivity (Wildman–Crippen MR) is 86.9 cm³/mol. The van der Waals surface area contributed by atoms with Gasteiger partial charge in [-0.15, -0.1) is 0 Å². The number of fused-ring (bicyclic) bond motifs is 1. The first-order chi connectivity index (χ1) is 9.17. The van der Waals surface area contributed by atoms with Gasteiger partial charge in [0.05, 0.1) is 12.1 Å². The van der Waals surface area contributed by atoms with Crippen molar-refractivity contribution >= 4 is 39.6 Å². The van der Waals surface area contributed by atoms with E-state index in [0.717, 1.165) is 35.5 Å². The SMILES string of the molecule is COCc1nc2c(CCC(C)C)ncnc2n1PI. The number of aromatic nitrogens is 4. The van der Waals surface area contributed by atoms with Gasteiger partial charge < -0.3 is 4.74 Å². The lowest BCUT2D eigenvalue weighted by molar-refractivity contribution is 0.178. The van der Waals surface area contributed by atoms with Crippen molar-refractivity contribution in [2.45, 2.75) is 33.3 Å². The van der Waals surface area contributed by atoms with E-state index in [-0.39, 0.29) is 0 Å². The minimum atomic E-state index is 0.510. The summed E-state index contributed by atoms with van der Waals surface area (Å²) in [6.07, 6.45) is 4.27. The zero-order chi connectivity index (χ0) is 13.8. The molecule has 0 aliphatic heterocycles. The van der Waals surface area contributed by atoms with Crippen molar-refractivity contribution in [2.24, 2.45) is 5.92 Å². The number of nitrogens with zero attached hydrogens (tertiary/aromatic N) is 4. The lowest BCUT2D eigenvalue weighted by atomic mass is 10.1. The Hall–Kier alpha value is -0.330. The second-order valence-electron chi connectivity index (χ2n) is 4.81. The van der Waals surface area contributed by atoms with Crippen molar-refractivity contribution < 1.29 is 4.74 Å². The summed E-state index contributed by atoms with van der Waals surface area (Å²) < 4.78 is 7.32. The summed E-state index contributed by atoms with van der Waals surface area (Å²) in [6.45, 7) is 4.95. The molecule has 0 aromatic carbocycles. The van der Waals surface area contributed by atoms with Crippen molar-refractivity contribution in [3.63, 3.8) is 0 Å². The van der Waals surface area contributed by atoms with Crippen LogP contribution in [0.25, 0.3) is 11.2 Å². The third kappa shape index (κ3) is 3.41. The molecule has 0 aliphatic rings. The van der Waals surface area contributed by atoms with Crippen molar-refractivity contribution in [3.8, 4) is 0 Å². The van der Waals surface area contributed by atoms with E-state index in [1.165, 1.54) is 0 Å². The number of ether oxygens (including phenoxy) is 1. The average Bonchev–Trinajstić information content (AvgIpc) is 2.74. The van der Waals surface area contributed by atoms with Gasteiger partial charge >= 0.3 is 0 Å². The van der Waals surface area contributed by atoms with Gasteiger partial charge in [0.15, 0.2) is 5.65 Å². The molecule has 2 aromatic heterocycles. The summed E-state index contributed by atoms with van der Waals surface area (Å²) in [5, 5.41) is 0. The molecule has 5 nitrogen and oxygen atoms in total. The Kier molecular flexibility index (Phi) is 5.47. The second-order valence-corrected chi connectivity index (χ2v) is 6.87. The van der Waals surface area contributed by atoms with Crippen LogP contribution in [-0.4, -0.2) is 26.4 Å². The number of hydrogen-bond acceptors (Lipinski definition) is 4. The van der Waals surface area contributed by atoms with Crippen molar-refractivity contribution in [3.05, 3.63) is 17.8 Å². The number of rotatable bonds is 6. The Morgan fingerprint density at radius 3 is 2.84 bits per heavy atom. The molecule has 2 aromatic rings. The molecular formula is C12H18IN4OP. The monoisotopic (exact) mass is 392 g/mol. The fourth-order valence-electron chi connectivity index (χ4n) is 1.91. The molecule has 2 rings (SSSR count). The van der Waals surface area contributed by atoms with Crippen LogP contribution in [-0.2, 0) is 17.8 Å². The van der Waals surface area contributed by atoms with Crippen LogP contribution in [0.2, 0.25) is 0 Å². The average molecular weight is 392 g/mol. The Bertz CT molecular complexity index is 558. The zero-order valence-electron chi connectivity index (χ0n) is 11.4. The lowest BCUT2D eigenvalue weighted by Crippen LogP contribution is -1.97. The number of hydrogen-bond donors (Lipinski definition) is 0. The van der Waals surface area contributed by atoms with E-state index >= 15 is 0 Å². The van der Waals surface area contributed by atoms with E-state index < -0.39 is 0 Å². The molecule has 0 amide bonds. The third-order valence-corrected chi connectivity index (χ3v) is 4.99. The van der Waals surface area contributed by atoms with Gasteiger partial charge in [0, 0.05) is 7.11 Å². The molecule has 19 heavy (non-hydrogen) atoms. The summed E-state index contributed by atoms with van der Waals surface area (Å²) in [5.74, 6) is 1.59. The van der Waals surface area contributed by atoms with Crippen molar-refractivity contribution in [1.29, 1.82) is 0 Å². The molecule has 0 spiro atoms. The minimum absolute atomic E-state index is 0.510. The maximum atomic E-state index is 5.21. The molecular weight excluding hydrogens is 374 g/mol.